The van der Waals surface area contributed by atoms with Gasteiger partial charge in [0.25, 0.3) is 0 Å². The maximum Gasteiger partial charge on any atom is 0.227 e. The molecule has 3 N–H and O–H groups in total. The van der Waals surface area contributed by atoms with Gasteiger partial charge in [0.15, 0.2) is 0 Å². The SMILES string of the molecule is Cc1cc(Cl)ccc1NC(=O)[C@@H]1CCC[C@@H]1CN.Cl. The predicted octanol–water partition coefficient (Wildman–Crippen LogP) is 3.38. The number of carbonyl (C=O) groups is 1. The molecule has 3 nitrogen and oxygen atoms in total. The third-order valence-electron chi connectivity index (χ3n) is 3.74. The van der Waals surface area contributed by atoms with Crippen molar-refractivity contribution in [2.45, 2.75) is 26.2 Å². The fourth-order valence-electron chi connectivity index (χ4n) is 2.66. The molecule has 0 aliphatic heterocycles. The summed E-state index contributed by atoms with van der Waals surface area (Å²) in [7, 11) is 0. The predicted molar refractivity (Wildman–Crippen MR) is 82.0 cm³/mol. The largest absolute Gasteiger partial charge is 0.330 e. The molecule has 1 fully saturated rings. The van der Waals surface area contributed by atoms with Gasteiger partial charge in [-0.3, -0.25) is 4.79 Å². The molecule has 1 aliphatic rings. The molecule has 0 saturated heterocycles. The monoisotopic (exact) mass is 302 g/mol. The Morgan fingerprint density at radius 3 is 2.84 bits per heavy atom. The average molecular weight is 303 g/mol. The molecule has 0 aromatic heterocycles. The van der Waals surface area contributed by atoms with Gasteiger partial charge in [0, 0.05) is 16.6 Å². The zero-order valence-corrected chi connectivity index (χ0v) is 12.6. The molecule has 0 heterocycles. The molecule has 19 heavy (non-hydrogen) atoms. The molecule has 1 amide bonds. The molecule has 1 aromatic carbocycles. The summed E-state index contributed by atoms with van der Waals surface area (Å²) in [6.45, 7) is 2.54. The van der Waals surface area contributed by atoms with Gasteiger partial charge in [0.05, 0.1) is 0 Å². The van der Waals surface area contributed by atoms with Gasteiger partial charge < -0.3 is 11.1 Å². The van der Waals surface area contributed by atoms with Crippen LogP contribution in [-0.4, -0.2) is 12.5 Å². The second kappa shape index (κ2) is 7.13. The van der Waals surface area contributed by atoms with Crippen molar-refractivity contribution in [1.82, 2.24) is 0 Å². The van der Waals surface area contributed by atoms with Crippen LogP contribution in [0.3, 0.4) is 0 Å². The fourth-order valence-corrected chi connectivity index (χ4v) is 2.88. The number of nitrogens with one attached hydrogen (secondary N) is 1. The molecular formula is C14H20Cl2N2O. The fraction of sp³-hybridized carbons (Fsp3) is 0.500. The minimum absolute atomic E-state index is 0. The summed E-state index contributed by atoms with van der Waals surface area (Å²) in [6, 6.07) is 5.49. The maximum atomic E-state index is 12.2. The van der Waals surface area contributed by atoms with Gasteiger partial charge in [-0.1, -0.05) is 18.0 Å². The Bertz CT molecular complexity index is 451. The van der Waals surface area contributed by atoms with Crippen molar-refractivity contribution in [1.29, 1.82) is 0 Å². The minimum atomic E-state index is 0. The molecular weight excluding hydrogens is 283 g/mol. The van der Waals surface area contributed by atoms with Gasteiger partial charge in [-0.15, -0.1) is 12.4 Å². The van der Waals surface area contributed by atoms with Crippen LogP contribution < -0.4 is 11.1 Å². The molecule has 5 heteroatoms. The van der Waals surface area contributed by atoms with Crippen molar-refractivity contribution in [2.24, 2.45) is 17.6 Å². The van der Waals surface area contributed by atoms with E-state index in [1.165, 1.54) is 0 Å². The first-order valence-electron chi connectivity index (χ1n) is 6.39. The molecule has 2 atom stereocenters. The third kappa shape index (κ3) is 3.85. The number of rotatable bonds is 3. The van der Waals surface area contributed by atoms with Crippen molar-refractivity contribution < 1.29 is 4.79 Å². The maximum absolute atomic E-state index is 12.2. The summed E-state index contributed by atoms with van der Waals surface area (Å²) in [4.78, 5) is 12.2. The number of amides is 1. The van der Waals surface area contributed by atoms with E-state index in [4.69, 9.17) is 17.3 Å². The summed E-state index contributed by atoms with van der Waals surface area (Å²) in [5.41, 5.74) is 7.53. The van der Waals surface area contributed by atoms with E-state index in [0.717, 1.165) is 30.5 Å². The highest BCUT2D eigenvalue weighted by Crippen LogP contribution is 2.32. The molecule has 0 radical (unpaired) electrons. The number of benzene rings is 1. The summed E-state index contributed by atoms with van der Waals surface area (Å²) >= 11 is 5.90. The van der Waals surface area contributed by atoms with Crippen LogP contribution in [0.1, 0.15) is 24.8 Å². The lowest BCUT2D eigenvalue weighted by Gasteiger charge is -2.18. The van der Waals surface area contributed by atoms with Crippen molar-refractivity contribution in [2.75, 3.05) is 11.9 Å². The summed E-state index contributed by atoms with van der Waals surface area (Å²) < 4.78 is 0. The molecule has 106 valence electrons. The summed E-state index contributed by atoms with van der Waals surface area (Å²) in [5.74, 6) is 0.482. The van der Waals surface area contributed by atoms with Gasteiger partial charge in [0.1, 0.15) is 0 Å². The van der Waals surface area contributed by atoms with Crippen molar-refractivity contribution in [3.05, 3.63) is 28.8 Å². The van der Waals surface area contributed by atoms with E-state index in [1.807, 2.05) is 19.1 Å². The van der Waals surface area contributed by atoms with E-state index in [9.17, 15) is 4.79 Å². The Balaban J connectivity index is 0.00000180. The quantitative estimate of drug-likeness (QED) is 0.899. The lowest BCUT2D eigenvalue weighted by molar-refractivity contribution is -0.120. The molecule has 2 rings (SSSR count). The summed E-state index contributed by atoms with van der Waals surface area (Å²) in [6.07, 6.45) is 3.11. The third-order valence-corrected chi connectivity index (χ3v) is 3.98. The number of carbonyl (C=O) groups excluding carboxylic acids is 1. The molecule has 1 aromatic rings. The van der Waals surface area contributed by atoms with Crippen molar-refractivity contribution >= 4 is 35.6 Å². The van der Waals surface area contributed by atoms with Gasteiger partial charge in [0.2, 0.25) is 5.91 Å². The Labute approximate surface area is 125 Å². The lowest BCUT2D eigenvalue weighted by Crippen LogP contribution is -2.29. The highest BCUT2D eigenvalue weighted by Gasteiger charge is 2.31. The number of halogens is 2. The second-order valence-electron chi connectivity index (χ2n) is 4.98. The molecule has 1 saturated carbocycles. The van der Waals surface area contributed by atoms with Gasteiger partial charge in [-0.25, -0.2) is 0 Å². The number of aryl methyl sites for hydroxylation is 1. The zero-order valence-electron chi connectivity index (χ0n) is 11.0. The first-order valence-corrected chi connectivity index (χ1v) is 6.76. The van der Waals surface area contributed by atoms with Gasteiger partial charge in [-0.2, -0.15) is 0 Å². The van der Waals surface area contributed by atoms with Crippen LogP contribution in [0, 0.1) is 18.8 Å². The first-order chi connectivity index (χ1) is 8.61. The second-order valence-corrected chi connectivity index (χ2v) is 5.42. The standard InChI is InChI=1S/C14H19ClN2O.ClH/c1-9-7-11(15)5-6-13(9)17-14(18)12-4-2-3-10(12)8-16;/h5-7,10,12H,2-4,8,16H2,1H3,(H,17,18);1H/t10-,12-;/m1./s1. The zero-order chi connectivity index (χ0) is 13.1. The van der Waals surface area contributed by atoms with Crippen LogP contribution in [0.4, 0.5) is 5.69 Å². The van der Waals surface area contributed by atoms with Crippen LogP contribution in [0.25, 0.3) is 0 Å². The van der Waals surface area contributed by atoms with Crippen LogP contribution >= 0.6 is 24.0 Å². The number of nitrogens with two attached hydrogens (primary N) is 1. The van der Waals surface area contributed by atoms with Crippen LogP contribution in [0.2, 0.25) is 5.02 Å². The van der Waals surface area contributed by atoms with E-state index in [0.29, 0.717) is 17.5 Å². The summed E-state index contributed by atoms with van der Waals surface area (Å²) in [5, 5.41) is 3.68. The lowest BCUT2D eigenvalue weighted by atomic mass is 9.95. The Hall–Kier alpha value is -0.770. The number of hydrogen-bond acceptors (Lipinski definition) is 2. The van der Waals surface area contributed by atoms with E-state index in [-0.39, 0.29) is 24.2 Å². The van der Waals surface area contributed by atoms with E-state index >= 15 is 0 Å². The van der Waals surface area contributed by atoms with Crippen LogP contribution in [0.15, 0.2) is 18.2 Å². The van der Waals surface area contributed by atoms with Crippen LogP contribution in [0.5, 0.6) is 0 Å². The minimum Gasteiger partial charge on any atom is -0.330 e. The average Bonchev–Trinajstić information content (AvgIpc) is 2.81. The molecule has 0 bridgehead atoms. The number of anilines is 1. The first kappa shape index (κ1) is 16.3. The molecule has 1 aliphatic carbocycles. The molecule has 0 unspecified atom stereocenters. The van der Waals surface area contributed by atoms with Crippen LogP contribution in [-0.2, 0) is 4.79 Å². The smallest absolute Gasteiger partial charge is 0.227 e. The van der Waals surface area contributed by atoms with E-state index in [2.05, 4.69) is 5.32 Å². The Morgan fingerprint density at radius 2 is 2.21 bits per heavy atom. The van der Waals surface area contributed by atoms with E-state index in [1.54, 1.807) is 6.07 Å². The Morgan fingerprint density at radius 1 is 1.47 bits per heavy atom. The van der Waals surface area contributed by atoms with Crippen molar-refractivity contribution in [3.8, 4) is 0 Å². The van der Waals surface area contributed by atoms with Crippen molar-refractivity contribution in [3.63, 3.8) is 0 Å². The topological polar surface area (TPSA) is 55.1 Å². The number of hydrogen-bond donors (Lipinski definition) is 2. The normalized spacial score (nSPS) is 21.8. The highest BCUT2D eigenvalue weighted by atomic mass is 35.5. The van der Waals surface area contributed by atoms with E-state index < -0.39 is 0 Å². The van der Waals surface area contributed by atoms with Gasteiger partial charge >= 0.3 is 0 Å². The molecule has 0 spiro atoms. The van der Waals surface area contributed by atoms with Gasteiger partial charge in [-0.05, 0) is 56.0 Å². The highest BCUT2D eigenvalue weighted by molar-refractivity contribution is 6.30. The Kier molecular flexibility index (Phi) is 6.11.